The summed E-state index contributed by atoms with van der Waals surface area (Å²) in [5.74, 6) is 5.55. The van der Waals surface area contributed by atoms with Crippen LogP contribution in [-0.2, 0) is 10.0 Å². The quantitative estimate of drug-likeness (QED) is 0.609. The molecule has 0 radical (unpaired) electrons. The third-order valence-electron chi connectivity index (χ3n) is 2.58. The van der Waals surface area contributed by atoms with Gasteiger partial charge in [0, 0.05) is 18.8 Å². The molecule has 0 saturated heterocycles. The average molecular weight is 271 g/mol. The van der Waals surface area contributed by atoms with Gasteiger partial charge < -0.3 is 5.43 Å². The molecule has 1 aromatic rings. The number of nitrogens with one attached hydrogen (secondary N) is 1. The van der Waals surface area contributed by atoms with E-state index >= 15 is 0 Å². The number of benzene rings is 1. The molecule has 6 heteroatoms. The van der Waals surface area contributed by atoms with E-state index in [1.54, 1.807) is 24.3 Å². The van der Waals surface area contributed by atoms with Crippen LogP contribution in [-0.4, -0.2) is 25.8 Å². The smallest absolute Gasteiger partial charge is 0.243 e. The number of anilines is 1. The van der Waals surface area contributed by atoms with E-state index in [1.807, 2.05) is 20.8 Å². The maximum absolute atomic E-state index is 12.4. The zero-order chi connectivity index (χ0) is 13.8. The zero-order valence-electron chi connectivity index (χ0n) is 11.1. The fourth-order valence-electron chi connectivity index (χ4n) is 1.68. The summed E-state index contributed by atoms with van der Waals surface area (Å²) in [6.07, 6.45) is 0. The van der Waals surface area contributed by atoms with Gasteiger partial charge in [0.15, 0.2) is 0 Å². The van der Waals surface area contributed by atoms with Crippen molar-refractivity contribution in [1.29, 1.82) is 0 Å². The van der Waals surface area contributed by atoms with Crippen molar-refractivity contribution in [2.24, 2.45) is 11.8 Å². The molecule has 3 N–H and O–H groups in total. The van der Waals surface area contributed by atoms with Gasteiger partial charge in [0.1, 0.15) is 0 Å². The Hall–Kier alpha value is -1.11. The molecule has 0 spiro atoms. The Balaban J connectivity index is 3.02. The van der Waals surface area contributed by atoms with Gasteiger partial charge in [-0.05, 0) is 30.2 Å². The van der Waals surface area contributed by atoms with Crippen molar-refractivity contribution in [3.63, 3.8) is 0 Å². The molecule has 0 aliphatic rings. The monoisotopic (exact) mass is 271 g/mol. The highest BCUT2D eigenvalue weighted by Crippen LogP contribution is 2.18. The van der Waals surface area contributed by atoms with Crippen molar-refractivity contribution in [3.05, 3.63) is 24.3 Å². The van der Waals surface area contributed by atoms with Gasteiger partial charge in [0.25, 0.3) is 0 Å². The van der Waals surface area contributed by atoms with Gasteiger partial charge in [-0.25, -0.2) is 8.42 Å². The maximum atomic E-state index is 12.4. The van der Waals surface area contributed by atoms with Crippen LogP contribution in [0.3, 0.4) is 0 Å². The Morgan fingerprint density at radius 3 is 2.22 bits per heavy atom. The number of hydrogen-bond acceptors (Lipinski definition) is 4. The van der Waals surface area contributed by atoms with Crippen LogP contribution in [0.2, 0.25) is 0 Å². The molecule has 0 unspecified atom stereocenters. The predicted octanol–water partition coefficient (Wildman–Crippen LogP) is 1.64. The van der Waals surface area contributed by atoms with E-state index in [0.717, 1.165) is 0 Å². The molecule has 5 nitrogen and oxygen atoms in total. The second kappa shape index (κ2) is 6.17. The number of nitrogens with zero attached hydrogens (tertiary/aromatic N) is 1. The van der Waals surface area contributed by atoms with E-state index in [-0.39, 0.29) is 0 Å². The van der Waals surface area contributed by atoms with E-state index in [1.165, 1.54) is 4.31 Å². The molecule has 0 aliphatic carbocycles. The number of sulfonamides is 1. The highest BCUT2D eigenvalue weighted by molar-refractivity contribution is 7.89. The Kier molecular flexibility index (Phi) is 5.13. The van der Waals surface area contributed by atoms with E-state index < -0.39 is 10.0 Å². The van der Waals surface area contributed by atoms with Crippen molar-refractivity contribution >= 4 is 15.7 Å². The molecule has 0 heterocycles. The van der Waals surface area contributed by atoms with Crippen molar-refractivity contribution in [1.82, 2.24) is 4.31 Å². The minimum atomic E-state index is -3.41. The van der Waals surface area contributed by atoms with Crippen LogP contribution in [0.25, 0.3) is 0 Å². The van der Waals surface area contributed by atoms with Crippen LogP contribution in [0.5, 0.6) is 0 Å². The predicted molar refractivity (Wildman–Crippen MR) is 73.5 cm³/mol. The Labute approximate surface area is 109 Å². The molecule has 102 valence electrons. The molecule has 18 heavy (non-hydrogen) atoms. The summed E-state index contributed by atoms with van der Waals surface area (Å²) in [4.78, 5) is 0.295. The molecule has 0 aromatic heterocycles. The average Bonchev–Trinajstić information content (AvgIpc) is 2.35. The van der Waals surface area contributed by atoms with Crippen LogP contribution in [0.4, 0.5) is 5.69 Å². The minimum absolute atomic E-state index is 0.295. The fraction of sp³-hybridized carbons (Fsp3) is 0.500. The highest BCUT2D eigenvalue weighted by Gasteiger charge is 2.23. The van der Waals surface area contributed by atoms with Crippen LogP contribution in [0.1, 0.15) is 20.8 Å². The van der Waals surface area contributed by atoms with Gasteiger partial charge in [-0.15, -0.1) is 0 Å². The second-order valence-electron chi connectivity index (χ2n) is 4.52. The SMILES string of the molecule is CCN(CC(C)C)S(=O)(=O)c1ccc(NN)cc1. The minimum Gasteiger partial charge on any atom is -0.324 e. The van der Waals surface area contributed by atoms with Gasteiger partial charge in [0.05, 0.1) is 4.90 Å². The summed E-state index contributed by atoms with van der Waals surface area (Å²) in [5, 5.41) is 0. The van der Waals surface area contributed by atoms with E-state index in [0.29, 0.717) is 29.6 Å². The lowest BCUT2D eigenvalue weighted by atomic mass is 10.2. The highest BCUT2D eigenvalue weighted by atomic mass is 32.2. The summed E-state index contributed by atoms with van der Waals surface area (Å²) in [6, 6.07) is 6.42. The first-order valence-corrected chi connectivity index (χ1v) is 7.42. The summed E-state index contributed by atoms with van der Waals surface area (Å²) in [7, 11) is -3.41. The Morgan fingerprint density at radius 2 is 1.83 bits per heavy atom. The second-order valence-corrected chi connectivity index (χ2v) is 6.46. The van der Waals surface area contributed by atoms with Gasteiger partial charge in [0.2, 0.25) is 10.0 Å². The molecule has 0 amide bonds. The van der Waals surface area contributed by atoms with E-state index in [9.17, 15) is 8.42 Å². The van der Waals surface area contributed by atoms with Crippen LogP contribution < -0.4 is 11.3 Å². The van der Waals surface area contributed by atoms with Gasteiger partial charge in [-0.3, -0.25) is 5.84 Å². The topological polar surface area (TPSA) is 75.4 Å². The van der Waals surface area contributed by atoms with Crippen molar-refractivity contribution < 1.29 is 8.42 Å². The Bertz CT molecular complexity index is 469. The molecular weight excluding hydrogens is 250 g/mol. The van der Waals surface area contributed by atoms with Gasteiger partial charge in [-0.1, -0.05) is 20.8 Å². The first-order chi connectivity index (χ1) is 8.41. The van der Waals surface area contributed by atoms with Gasteiger partial charge >= 0.3 is 0 Å². The lowest BCUT2D eigenvalue weighted by Crippen LogP contribution is -2.34. The lowest BCUT2D eigenvalue weighted by molar-refractivity contribution is 0.381. The van der Waals surface area contributed by atoms with Crippen molar-refractivity contribution in [2.75, 3.05) is 18.5 Å². The number of nitrogen functional groups attached to an aromatic ring is 1. The van der Waals surface area contributed by atoms with Crippen molar-refractivity contribution in [3.8, 4) is 0 Å². The normalized spacial score (nSPS) is 12.1. The molecule has 0 saturated carbocycles. The summed E-state index contributed by atoms with van der Waals surface area (Å²) in [5.41, 5.74) is 3.15. The van der Waals surface area contributed by atoms with Crippen molar-refractivity contribution in [2.45, 2.75) is 25.7 Å². The molecule has 1 rings (SSSR count). The Morgan fingerprint density at radius 1 is 1.28 bits per heavy atom. The summed E-state index contributed by atoms with van der Waals surface area (Å²) >= 11 is 0. The van der Waals surface area contributed by atoms with Crippen LogP contribution >= 0.6 is 0 Å². The first kappa shape index (κ1) is 14.9. The fourth-order valence-corrected chi connectivity index (χ4v) is 3.29. The number of rotatable bonds is 6. The molecule has 0 atom stereocenters. The molecule has 1 aromatic carbocycles. The van der Waals surface area contributed by atoms with E-state index in [2.05, 4.69) is 5.43 Å². The standard InChI is InChI=1S/C12H21N3O2S/c1-4-15(9-10(2)3)18(16,17)12-7-5-11(14-13)6-8-12/h5-8,10,14H,4,9,13H2,1-3H3. The maximum Gasteiger partial charge on any atom is 0.243 e. The zero-order valence-corrected chi connectivity index (χ0v) is 11.9. The number of nitrogens with two attached hydrogens (primary N) is 1. The molecule has 0 fully saturated rings. The van der Waals surface area contributed by atoms with Crippen LogP contribution in [0.15, 0.2) is 29.2 Å². The largest absolute Gasteiger partial charge is 0.324 e. The number of hydrazine groups is 1. The number of hydrogen-bond donors (Lipinski definition) is 2. The molecule has 0 bridgehead atoms. The van der Waals surface area contributed by atoms with Crippen LogP contribution in [0, 0.1) is 5.92 Å². The summed E-state index contributed by atoms with van der Waals surface area (Å²) < 4.78 is 26.2. The molecular formula is C12H21N3O2S. The lowest BCUT2D eigenvalue weighted by Gasteiger charge is -2.22. The summed E-state index contributed by atoms with van der Waals surface area (Å²) in [6.45, 7) is 6.84. The van der Waals surface area contributed by atoms with E-state index in [4.69, 9.17) is 5.84 Å². The third kappa shape index (κ3) is 3.44. The molecule has 0 aliphatic heterocycles. The third-order valence-corrected chi connectivity index (χ3v) is 4.54. The van der Waals surface area contributed by atoms with Gasteiger partial charge in [-0.2, -0.15) is 4.31 Å². The first-order valence-electron chi connectivity index (χ1n) is 5.98.